The van der Waals surface area contributed by atoms with E-state index in [9.17, 15) is 0 Å². The Labute approximate surface area is 73.1 Å². The van der Waals surface area contributed by atoms with Crippen LogP contribution in [0.2, 0.25) is 5.09 Å². The van der Waals surface area contributed by atoms with Gasteiger partial charge in [-0.25, -0.2) is 0 Å². The zero-order valence-electron chi connectivity index (χ0n) is 7.39. The van der Waals surface area contributed by atoms with E-state index in [1.54, 1.807) is 0 Å². The fourth-order valence-electron chi connectivity index (χ4n) is 0.596. The van der Waals surface area contributed by atoms with Gasteiger partial charge in [-0.05, 0) is 0 Å². The third kappa shape index (κ3) is 8.52. The average Bonchev–Trinajstić information content (AvgIpc) is 1.87. The van der Waals surface area contributed by atoms with Crippen LogP contribution in [0.4, 0.5) is 0 Å². The molecule has 0 heterocycles. The summed E-state index contributed by atoms with van der Waals surface area (Å²) in [6.07, 6.45) is 1.19. The summed E-state index contributed by atoms with van der Waals surface area (Å²) < 4.78 is 5.34. The normalized spacial score (nSPS) is 10.9. The number of rotatable bonds is 6. The molecule has 0 N–H and O–H groups in total. The van der Waals surface area contributed by atoms with Gasteiger partial charge in [0.25, 0.3) is 0 Å². The molecule has 0 bridgehead atoms. The van der Waals surface area contributed by atoms with E-state index in [1.807, 2.05) is 0 Å². The van der Waals surface area contributed by atoms with Gasteiger partial charge in [0.05, 0.1) is 0 Å². The summed E-state index contributed by atoms with van der Waals surface area (Å²) in [4.78, 5) is 2.13. The SMILES string of the molecule is [Li][CH2]CCOCCN(C)C. The van der Waals surface area contributed by atoms with Crippen LogP contribution in [0.5, 0.6) is 0 Å². The number of ether oxygens (including phenoxy) is 1. The molecule has 0 rings (SSSR count). The Balaban J connectivity index is 2.77. The molecule has 0 aliphatic rings. The van der Waals surface area contributed by atoms with Gasteiger partial charge in [0.2, 0.25) is 0 Å². The van der Waals surface area contributed by atoms with Crippen LogP contribution in [0.15, 0.2) is 0 Å². The minimum absolute atomic E-state index is 0.868. The van der Waals surface area contributed by atoms with Crippen LogP contribution in [0, 0.1) is 0 Å². The van der Waals surface area contributed by atoms with Crippen LogP contribution in [-0.2, 0) is 4.74 Å². The number of likely N-dealkylation sites (N-methyl/N-ethyl adjacent to an activating group) is 1. The Kier molecular flexibility index (Phi) is 8.02. The maximum absolute atomic E-state index is 5.34. The summed E-state index contributed by atoms with van der Waals surface area (Å²) in [6, 6.07) is 0. The van der Waals surface area contributed by atoms with Gasteiger partial charge in [0.15, 0.2) is 0 Å². The van der Waals surface area contributed by atoms with Crippen molar-refractivity contribution in [2.24, 2.45) is 0 Å². The van der Waals surface area contributed by atoms with E-state index in [0.717, 1.165) is 19.8 Å². The van der Waals surface area contributed by atoms with E-state index in [2.05, 4.69) is 36.7 Å². The molecular formula is C7H16LiNO. The van der Waals surface area contributed by atoms with Gasteiger partial charge >= 0.3 is 72.7 Å². The summed E-state index contributed by atoms with van der Waals surface area (Å²) in [5.74, 6) is 0. The molecular weight excluding hydrogens is 121 g/mol. The summed E-state index contributed by atoms with van der Waals surface area (Å²) in [5, 5.41) is 1.22. The third-order valence-corrected chi connectivity index (χ3v) is 1.33. The zero-order valence-corrected chi connectivity index (χ0v) is 7.39. The van der Waals surface area contributed by atoms with Crippen LogP contribution in [-0.4, -0.2) is 56.5 Å². The first-order valence-corrected chi connectivity index (χ1v) is 4.00. The molecule has 0 unspecified atom stereocenters. The standard InChI is InChI=1S/C7H16NO.Li/c1-4-6-9-7-5-8(2)3;/h1,4-7H2,2-3H3;. The van der Waals surface area contributed by atoms with Gasteiger partial charge in [-0.2, -0.15) is 0 Å². The quantitative estimate of drug-likeness (QED) is 0.391. The van der Waals surface area contributed by atoms with Gasteiger partial charge in [-0.15, -0.1) is 0 Å². The first-order chi connectivity index (χ1) is 4.77. The van der Waals surface area contributed by atoms with Crippen molar-refractivity contribution in [3.8, 4) is 0 Å². The minimum atomic E-state index is 0.868. The second-order valence-corrected chi connectivity index (χ2v) is 2.77. The predicted octanol–water partition coefficient (Wildman–Crippen LogP) is 0.542. The fraction of sp³-hybridized carbons (Fsp3) is 1.00. The van der Waals surface area contributed by atoms with Crippen LogP contribution in [0.1, 0.15) is 6.42 Å². The molecule has 0 aromatic heterocycles. The molecule has 0 radical (unpaired) electrons. The van der Waals surface area contributed by atoms with E-state index in [4.69, 9.17) is 4.74 Å². The molecule has 10 heavy (non-hydrogen) atoms. The van der Waals surface area contributed by atoms with Crippen molar-refractivity contribution < 1.29 is 4.74 Å². The van der Waals surface area contributed by atoms with Crippen LogP contribution < -0.4 is 0 Å². The van der Waals surface area contributed by atoms with E-state index < -0.39 is 0 Å². The molecule has 0 aromatic rings. The van der Waals surface area contributed by atoms with Crippen LogP contribution in [0.3, 0.4) is 0 Å². The molecule has 0 fully saturated rings. The molecule has 0 aromatic carbocycles. The van der Waals surface area contributed by atoms with Gasteiger partial charge in [0.1, 0.15) is 0 Å². The van der Waals surface area contributed by atoms with Gasteiger partial charge in [-0.3, -0.25) is 0 Å². The van der Waals surface area contributed by atoms with Gasteiger partial charge in [-0.1, -0.05) is 0 Å². The summed E-state index contributed by atoms with van der Waals surface area (Å²) in [5.41, 5.74) is 0. The van der Waals surface area contributed by atoms with Crippen molar-refractivity contribution >= 4 is 17.7 Å². The average molecular weight is 137 g/mol. The Morgan fingerprint density at radius 3 is 2.50 bits per heavy atom. The van der Waals surface area contributed by atoms with Crippen LogP contribution >= 0.6 is 0 Å². The maximum atomic E-state index is 5.34. The molecule has 3 heteroatoms. The Morgan fingerprint density at radius 2 is 2.00 bits per heavy atom. The second kappa shape index (κ2) is 7.62. The first kappa shape index (κ1) is 10.5. The Morgan fingerprint density at radius 1 is 1.30 bits per heavy atom. The molecule has 2 nitrogen and oxygen atoms in total. The molecule has 56 valence electrons. The van der Waals surface area contributed by atoms with Crippen molar-refractivity contribution in [2.75, 3.05) is 33.9 Å². The Hall–Kier alpha value is 0.517. The summed E-state index contributed by atoms with van der Waals surface area (Å²) in [7, 11) is 4.12. The summed E-state index contributed by atoms with van der Waals surface area (Å²) >= 11 is 2.18. The predicted molar refractivity (Wildman–Crippen MR) is 44.6 cm³/mol. The topological polar surface area (TPSA) is 12.5 Å². The number of hydrogen-bond acceptors (Lipinski definition) is 2. The van der Waals surface area contributed by atoms with Crippen molar-refractivity contribution in [1.82, 2.24) is 4.90 Å². The molecule has 0 spiro atoms. The van der Waals surface area contributed by atoms with E-state index in [1.165, 1.54) is 11.5 Å². The molecule has 0 saturated heterocycles. The first-order valence-electron chi connectivity index (χ1n) is 4.00. The molecule has 0 aliphatic heterocycles. The van der Waals surface area contributed by atoms with Crippen molar-refractivity contribution in [2.45, 2.75) is 11.5 Å². The molecule has 0 saturated carbocycles. The van der Waals surface area contributed by atoms with Crippen LogP contribution in [0.25, 0.3) is 0 Å². The van der Waals surface area contributed by atoms with Crippen molar-refractivity contribution in [3.63, 3.8) is 0 Å². The Bertz CT molecular complexity index is 68.6. The summed E-state index contributed by atoms with van der Waals surface area (Å²) in [6.45, 7) is 2.82. The molecule has 0 aliphatic carbocycles. The van der Waals surface area contributed by atoms with Gasteiger partial charge in [0, 0.05) is 0 Å². The zero-order chi connectivity index (χ0) is 7.82. The van der Waals surface area contributed by atoms with E-state index in [-0.39, 0.29) is 0 Å². The van der Waals surface area contributed by atoms with E-state index >= 15 is 0 Å². The number of hydrogen-bond donors (Lipinski definition) is 0. The van der Waals surface area contributed by atoms with Crippen molar-refractivity contribution in [1.29, 1.82) is 0 Å². The van der Waals surface area contributed by atoms with E-state index in [0.29, 0.717) is 0 Å². The fourth-order valence-corrected chi connectivity index (χ4v) is 0.596. The van der Waals surface area contributed by atoms with Gasteiger partial charge < -0.3 is 0 Å². The third-order valence-electron chi connectivity index (χ3n) is 1.33. The molecule has 0 amide bonds. The second-order valence-electron chi connectivity index (χ2n) is 2.77. The number of nitrogens with zero attached hydrogens (tertiary/aromatic N) is 1. The monoisotopic (exact) mass is 137 g/mol. The molecule has 0 atom stereocenters. The van der Waals surface area contributed by atoms with Crippen molar-refractivity contribution in [3.05, 3.63) is 0 Å².